The molecule has 38 heavy (non-hydrogen) atoms. The van der Waals surface area contributed by atoms with Gasteiger partial charge in [0.2, 0.25) is 0 Å². The van der Waals surface area contributed by atoms with Gasteiger partial charge >= 0.3 is 0 Å². The standard InChI is InChI=1S/C30H62N4O2S2/c1-5-7-9-11-13-15-23-35-33-25-27(3)19-17-21-31-29(37)30(38)32-22-18-20-28(4)26-34-36-24-16-14-12-10-8-6-2/h27-28,33-34H,5-26H2,1-4H3,(H,31,37)(H,32,38). The number of unbranched alkanes of at least 4 members (excludes halogenated alkanes) is 10. The molecule has 0 spiro atoms. The first kappa shape index (κ1) is 37.6. The summed E-state index contributed by atoms with van der Waals surface area (Å²) in [7, 11) is 0. The number of hydrogen-bond acceptors (Lipinski definition) is 6. The third-order valence-electron chi connectivity index (χ3n) is 6.79. The van der Waals surface area contributed by atoms with Crippen LogP contribution in [-0.2, 0) is 9.68 Å². The van der Waals surface area contributed by atoms with Crippen LogP contribution in [0.2, 0.25) is 0 Å². The lowest BCUT2D eigenvalue weighted by Crippen LogP contribution is -2.38. The van der Waals surface area contributed by atoms with E-state index in [1.54, 1.807) is 0 Å². The molecule has 0 aliphatic rings. The van der Waals surface area contributed by atoms with Gasteiger partial charge in [-0.1, -0.05) is 116 Å². The molecular weight excluding hydrogens is 512 g/mol. The average Bonchev–Trinajstić information content (AvgIpc) is 2.91. The Hall–Kier alpha value is -0.380. The van der Waals surface area contributed by atoms with Gasteiger partial charge in [0.25, 0.3) is 0 Å². The molecule has 0 saturated carbocycles. The molecule has 0 saturated heterocycles. The Balaban J connectivity index is 3.52. The second kappa shape index (κ2) is 29.6. The van der Waals surface area contributed by atoms with Gasteiger partial charge in [0.15, 0.2) is 0 Å². The van der Waals surface area contributed by atoms with Gasteiger partial charge in [-0.15, -0.1) is 0 Å². The fraction of sp³-hybridized carbons (Fsp3) is 0.933. The first-order chi connectivity index (χ1) is 18.5. The molecule has 0 aliphatic carbocycles. The summed E-state index contributed by atoms with van der Waals surface area (Å²) in [6.45, 7) is 14.1. The van der Waals surface area contributed by atoms with Crippen molar-refractivity contribution in [3.63, 3.8) is 0 Å². The molecule has 0 aliphatic heterocycles. The average molecular weight is 575 g/mol. The van der Waals surface area contributed by atoms with Gasteiger partial charge in [0.1, 0.15) is 9.98 Å². The van der Waals surface area contributed by atoms with E-state index in [9.17, 15) is 0 Å². The van der Waals surface area contributed by atoms with E-state index < -0.39 is 0 Å². The van der Waals surface area contributed by atoms with Gasteiger partial charge in [-0.2, -0.15) is 0 Å². The third-order valence-corrected chi connectivity index (χ3v) is 7.62. The quantitative estimate of drug-likeness (QED) is 0.0437. The zero-order chi connectivity index (χ0) is 28.1. The number of hydrogen-bond donors (Lipinski definition) is 4. The molecule has 0 heterocycles. The summed E-state index contributed by atoms with van der Waals surface area (Å²) in [5.74, 6) is 1.13. The van der Waals surface area contributed by atoms with Crippen LogP contribution in [0.5, 0.6) is 0 Å². The maximum absolute atomic E-state index is 5.57. The van der Waals surface area contributed by atoms with E-state index in [4.69, 9.17) is 34.1 Å². The lowest BCUT2D eigenvalue weighted by atomic mass is 10.1. The topological polar surface area (TPSA) is 66.6 Å². The van der Waals surface area contributed by atoms with E-state index in [0.717, 1.165) is 77.9 Å². The van der Waals surface area contributed by atoms with Crippen molar-refractivity contribution in [1.82, 2.24) is 21.6 Å². The highest BCUT2D eigenvalue weighted by molar-refractivity contribution is 7.89. The van der Waals surface area contributed by atoms with Crippen LogP contribution in [0.4, 0.5) is 0 Å². The summed E-state index contributed by atoms with van der Waals surface area (Å²) < 4.78 is 0. The van der Waals surface area contributed by atoms with Gasteiger partial charge < -0.3 is 20.3 Å². The highest BCUT2D eigenvalue weighted by atomic mass is 32.1. The molecule has 0 aromatic heterocycles. The van der Waals surface area contributed by atoms with Gasteiger partial charge in [-0.25, -0.2) is 11.0 Å². The van der Waals surface area contributed by atoms with E-state index in [1.165, 1.54) is 64.2 Å². The van der Waals surface area contributed by atoms with Crippen LogP contribution >= 0.6 is 24.4 Å². The summed E-state index contributed by atoms with van der Waals surface area (Å²) >= 11 is 10.9. The molecule has 0 aromatic carbocycles. The SMILES string of the molecule is CCCCCCCCONCC(C)CCCNC(=S)C(=S)NCCCC(C)CNOCCCCCCCC. The predicted molar refractivity (Wildman–Crippen MR) is 173 cm³/mol. The molecule has 2 atom stereocenters. The molecule has 4 N–H and O–H groups in total. The van der Waals surface area contributed by atoms with Crippen LogP contribution in [0, 0.1) is 11.8 Å². The fourth-order valence-electron chi connectivity index (χ4n) is 4.13. The highest BCUT2D eigenvalue weighted by Crippen LogP contribution is 2.07. The molecule has 0 fully saturated rings. The molecule has 0 bridgehead atoms. The smallest absolute Gasteiger partial charge is 0.134 e. The number of nitrogens with one attached hydrogen (secondary N) is 4. The van der Waals surface area contributed by atoms with Crippen molar-refractivity contribution in [2.24, 2.45) is 11.8 Å². The Morgan fingerprint density at radius 2 is 0.921 bits per heavy atom. The van der Waals surface area contributed by atoms with Gasteiger partial charge in [0.05, 0.1) is 13.2 Å². The minimum atomic E-state index is 0.567. The second-order valence-corrected chi connectivity index (χ2v) is 11.8. The molecular formula is C30H62N4O2S2. The maximum Gasteiger partial charge on any atom is 0.134 e. The first-order valence-electron chi connectivity index (χ1n) is 15.8. The molecule has 0 aromatic rings. The summed E-state index contributed by atoms with van der Waals surface area (Å²) in [5, 5.41) is 6.60. The Bertz CT molecular complexity index is 494. The predicted octanol–water partition coefficient (Wildman–Crippen LogP) is 7.42. The summed E-state index contributed by atoms with van der Waals surface area (Å²) in [6.07, 6.45) is 19.9. The molecule has 8 heteroatoms. The largest absolute Gasteiger partial charge is 0.374 e. The molecule has 2 unspecified atom stereocenters. The van der Waals surface area contributed by atoms with Crippen LogP contribution < -0.4 is 21.6 Å². The van der Waals surface area contributed by atoms with Gasteiger partial charge in [0, 0.05) is 26.2 Å². The molecule has 0 rings (SSSR count). The van der Waals surface area contributed by atoms with Crippen molar-refractivity contribution in [2.75, 3.05) is 39.4 Å². The third kappa shape index (κ3) is 27.2. The fourth-order valence-corrected chi connectivity index (χ4v) is 4.47. The Kier molecular flexibility index (Phi) is 29.3. The molecule has 6 nitrogen and oxygen atoms in total. The van der Waals surface area contributed by atoms with E-state index in [0.29, 0.717) is 21.8 Å². The van der Waals surface area contributed by atoms with Crippen LogP contribution in [0.15, 0.2) is 0 Å². The van der Waals surface area contributed by atoms with Crippen molar-refractivity contribution in [3.8, 4) is 0 Å². The van der Waals surface area contributed by atoms with E-state index in [2.05, 4.69) is 49.3 Å². The number of hydroxylamine groups is 2. The number of thiocarbonyl (C=S) groups is 2. The lowest BCUT2D eigenvalue weighted by Gasteiger charge is -2.15. The molecule has 226 valence electrons. The zero-order valence-corrected chi connectivity index (χ0v) is 27.0. The number of rotatable bonds is 28. The zero-order valence-electron chi connectivity index (χ0n) is 25.3. The van der Waals surface area contributed by atoms with Crippen LogP contribution in [0.25, 0.3) is 0 Å². The van der Waals surface area contributed by atoms with Crippen LogP contribution in [0.1, 0.15) is 130 Å². The first-order valence-corrected chi connectivity index (χ1v) is 16.6. The normalized spacial score (nSPS) is 12.8. The summed E-state index contributed by atoms with van der Waals surface area (Å²) in [5.41, 5.74) is 6.26. The van der Waals surface area contributed by atoms with Crippen LogP contribution in [-0.4, -0.2) is 49.4 Å². The lowest BCUT2D eigenvalue weighted by molar-refractivity contribution is 0.0303. The molecule has 0 radical (unpaired) electrons. The van der Waals surface area contributed by atoms with E-state index in [1.807, 2.05) is 0 Å². The van der Waals surface area contributed by atoms with E-state index in [-0.39, 0.29) is 0 Å². The van der Waals surface area contributed by atoms with E-state index >= 15 is 0 Å². The van der Waals surface area contributed by atoms with Crippen molar-refractivity contribution < 1.29 is 9.68 Å². The van der Waals surface area contributed by atoms with Crippen LogP contribution in [0.3, 0.4) is 0 Å². The monoisotopic (exact) mass is 574 g/mol. The van der Waals surface area contributed by atoms with Gasteiger partial charge in [-0.05, 0) is 50.4 Å². The summed E-state index contributed by atoms with van der Waals surface area (Å²) in [6, 6.07) is 0. The van der Waals surface area contributed by atoms with Gasteiger partial charge in [-0.3, -0.25) is 0 Å². The summed E-state index contributed by atoms with van der Waals surface area (Å²) in [4.78, 5) is 12.5. The minimum Gasteiger partial charge on any atom is -0.374 e. The van der Waals surface area contributed by atoms with Crippen molar-refractivity contribution in [3.05, 3.63) is 0 Å². The Morgan fingerprint density at radius 3 is 1.32 bits per heavy atom. The maximum atomic E-state index is 5.57. The Morgan fingerprint density at radius 1 is 0.553 bits per heavy atom. The minimum absolute atomic E-state index is 0.567. The second-order valence-electron chi connectivity index (χ2n) is 10.9. The highest BCUT2D eigenvalue weighted by Gasteiger charge is 2.07. The van der Waals surface area contributed by atoms with Crippen molar-refractivity contribution >= 4 is 34.4 Å². The molecule has 0 amide bonds. The van der Waals surface area contributed by atoms with Crippen molar-refractivity contribution in [2.45, 2.75) is 130 Å². The Labute approximate surface area is 246 Å². The van der Waals surface area contributed by atoms with Crippen molar-refractivity contribution in [1.29, 1.82) is 0 Å².